The van der Waals surface area contributed by atoms with Gasteiger partial charge in [0.1, 0.15) is 11.8 Å². The van der Waals surface area contributed by atoms with Crippen LogP contribution in [0.2, 0.25) is 0 Å². The van der Waals surface area contributed by atoms with Crippen LogP contribution >= 0.6 is 11.8 Å². The standard InChI is InChI=1S/C12H14F3NOS/c1-18-9-6-7-10(12(13,14)15)16-11(9)17-8-4-2-3-5-8/h6-8H,2-5H2,1H3. The quantitative estimate of drug-likeness (QED) is 0.775. The highest BCUT2D eigenvalue weighted by Crippen LogP contribution is 2.34. The molecular formula is C12H14F3NOS. The molecule has 1 aliphatic rings. The summed E-state index contributed by atoms with van der Waals surface area (Å²) in [5, 5.41) is 0. The van der Waals surface area contributed by atoms with E-state index in [1.807, 2.05) is 0 Å². The SMILES string of the molecule is CSc1ccc(C(F)(F)F)nc1OC1CCCC1. The number of hydrogen-bond acceptors (Lipinski definition) is 3. The van der Waals surface area contributed by atoms with Gasteiger partial charge in [-0.1, -0.05) is 0 Å². The Morgan fingerprint density at radius 3 is 2.50 bits per heavy atom. The zero-order chi connectivity index (χ0) is 13.2. The van der Waals surface area contributed by atoms with Gasteiger partial charge in [0.2, 0.25) is 5.88 Å². The molecule has 0 N–H and O–H groups in total. The molecule has 6 heteroatoms. The second-order valence-corrected chi connectivity index (χ2v) is 5.07. The van der Waals surface area contributed by atoms with Gasteiger partial charge in [0, 0.05) is 0 Å². The molecular weight excluding hydrogens is 263 g/mol. The molecule has 1 saturated carbocycles. The molecule has 0 unspecified atom stereocenters. The zero-order valence-corrected chi connectivity index (χ0v) is 10.8. The number of rotatable bonds is 3. The molecule has 0 atom stereocenters. The van der Waals surface area contributed by atoms with Gasteiger partial charge in [0.15, 0.2) is 0 Å². The lowest BCUT2D eigenvalue weighted by Gasteiger charge is -2.16. The van der Waals surface area contributed by atoms with Crippen LogP contribution in [0.3, 0.4) is 0 Å². The van der Waals surface area contributed by atoms with E-state index in [-0.39, 0.29) is 12.0 Å². The van der Waals surface area contributed by atoms with Crippen LogP contribution in [0, 0.1) is 0 Å². The molecule has 0 amide bonds. The normalized spacial score (nSPS) is 17.1. The van der Waals surface area contributed by atoms with E-state index in [2.05, 4.69) is 4.98 Å². The van der Waals surface area contributed by atoms with E-state index in [0.29, 0.717) is 4.90 Å². The third kappa shape index (κ3) is 3.10. The molecule has 0 aliphatic heterocycles. The minimum atomic E-state index is -4.43. The van der Waals surface area contributed by atoms with Gasteiger partial charge in [-0.15, -0.1) is 11.8 Å². The lowest BCUT2D eigenvalue weighted by atomic mass is 10.3. The monoisotopic (exact) mass is 277 g/mol. The van der Waals surface area contributed by atoms with E-state index >= 15 is 0 Å². The molecule has 0 saturated heterocycles. The Kier molecular flexibility index (Phi) is 4.04. The Bertz CT molecular complexity index is 416. The molecule has 18 heavy (non-hydrogen) atoms. The van der Waals surface area contributed by atoms with Gasteiger partial charge < -0.3 is 4.74 Å². The predicted molar refractivity (Wildman–Crippen MR) is 63.9 cm³/mol. The Morgan fingerprint density at radius 2 is 1.94 bits per heavy atom. The number of nitrogens with zero attached hydrogens (tertiary/aromatic N) is 1. The van der Waals surface area contributed by atoms with Gasteiger partial charge in [0.05, 0.1) is 4.90 Å². The van der Waals surface area contributed by atoms with E-state index in [1.165, 1.54) is 17.8 Å². The first-order valence-corrected chi connectivity index (χ1v) is 7.02. The van der Waals surface area contributed by atoms with Gasteiger partial charge in [-0.2, -0.15) is 13.2 Å². The second kappa shape index (κ2) is 5.38. The van der Waals surface area contributed by atoms with Crippen LogP contribution in [-0.2, 0) is 6.18 Å². The molecule has 0 bridgehead atoms. The van der Waals surface area contributed by atoms with Crippen LogP contribution in [0.25, 0.3) is 0 Å². The predicted octanol–water partition coefficient (Wildman–Crippen LogP) is 4.14. The van der Waals surface area contributed by atoms with Gasteiger partial charge >= 0.3 is 6.18 Å². The minimum Gasteiger partial charge on any atom is -0.474 e. The largest absolute Gasteiger partial charge is 0.474 e. The van der Waals surface area contributed by atoms with Crippen LogP contribution in [0.5, 0.6) is 5.88 Å². The second-order valence-electron chi connectivity index (χ2n) is 4.23. The van der Waals surface area contributed by atoms with Gasteiger partial charge in [-0.05, 0) is 44.1 Å². The average Bonchev–Trinajstić information content (AvgIpc) is 2.80. The molecule has 100 valence electrons. The molecule has 1 aromatic heterocycles. The van der Waals surface area contributed by atoms with Crippen molar-refractivity contribution in [3.05, 3.63) is 17.8 Å². The molecule has 1 heterocycles. The summed E-state index contributed by atoms with van der Waals surface area (Å²) in [6, 6.07) is 2.41. The summed E-state index contributed by atoms with van der Waals surface area (Å²) in [6.45, 7) is 0. The molecule has 1 aliphatic carbocycles. The first-order chi connectivity index (χ1) is 8.50. The number of ether oxygens (including phenoxy) is 1. The molecule has 0 radical (unpaired) electrons. The van der Waals surface area contributed by atoms with Crippen LogP contribution in [0.4, 0.5) is 13.2 Å². The van der Waals surface area contributed by atoms with Crippen molar-refractivity contribution in [1.82, 2.24) is 4.98 Å². The summed E-state index contributed by atoms with van der Waals surface area (Å²) in [7, 11) is 0. The summed E-state index contributed by atoms with van der Waals surface area (Å²) < 4.78 is 43.4. The summed E-state index contributed by atoms with van der Waals surface area (Å²) in [5.41, 5.74) is -0.895. The van der Waals surface area contributed by atoms with E-state index in [1.54, 1.807) is 6.26 Å². The van der Waals surface area contributed by atoms with Crippen LogP contribution in [0.15, 0.2) is 17.0 Å². The van der Waals surface area contributed by atoms with Crippen LogP contribution in [0.1, 0.15) is 31.4 Å². The number of hydrogen-bond donors (Lipinski definition) is 0. The summed E-state index contributed by atoms with van der Waals surface area (Å²) >= 11 is 1.34. The van der Waals surface area contributed by atoms with Gasteiger partial charge in [-0.25, -0.2) is 4.98 Å². The molecule has 2 rings (SSSR count). The molecule has 2 nitrogen and oxygen atoms in total. The first-order valence-electron chi connectivity index (χ1n) is 5.79. The van der Waals surface area contributed by atoms with E-state index in [9.17, 15) is 13.2 Å². The lowest BCUT2D eigenvalue weighted by molar-refractivity contribution is -0.141. The molecule has 0 spiro atoms. The fourth-order valence-electron chi connectivity index (χ4n) is 1.99. The van der Waals surface area contributed by atoms with Crippen molar-refractivity contribution in [3.8, 4) is 5.88 Å². The van der Waals surface area contributed by atoms with Crippen LogP contribution in [-0.4, -0.2) is 17.3 Å². The number of halogens is 3. The fraction of sp³-hybridized carbons (Fsp3) is 0.583. The maximum absolute atomic E-state index is 12.6. The van der Waals surface area contributed by atoms with Crippen molar-refractivity contribution in [2.45, 2.75) is 42.9 Å². The van der Waals surface area contributed by atoms with Gasteiger partial charge in [-0.3, -0.25) is 0 Å². The van der Waals surface area contributed by atoms with E-state index in [4.69, 9.17) is 4.74 Å². The highest BCUT2D eigenvalue weighted by Gasteiger charge is 2.33. The number of aromatic nitrogens is 1. The number of pyridine rings is 1. The maximum atomic E-state index is 12.6. The maximum Gasteiger partial charge on any atom is 0.433 e. The van der Waals surface area contributed by atoms with Crippen LogP contribution < -0.4 is 4.74 Å². The molecule has 0 aromatic carbocycles. The Morgan fingerprint density at radius 1 is 1.28 bits per heavy atom. The topological polar surface area (TPSA) is 22.1 Å². The molecule has 1 aromatic rings. The Balaban J connectivity index is 2.24. The Labute approximate surface area is 108 Å². The third-order valence-electron chi connectivity index (χ3n) is 2.92. The van der Waals surface area contributed by atoms with Gasteiger partial charge in [0.25, 0.3) is 0 Å². The highest BCUT2D eigenvalue weighted by atomic mass is 32.2. The number of thioether (sulfide) groups is 1. The van der Waals surface area contributed by atoms with Crippen molar-refractivity contribution >= 4 is 11.8 Å². The lowest BCUT2D eigenvalue weighted by Crippen LogP contribution is -2.15. The number of alkyl halides is 3. The van der Waals surface area contributed by atoms with Crippen molar-refractivity contribution < 1.29 is 17.9 Å². The van der Waals surface area contributed by atoms with Crippen molar-refractivity contribution in [1.29, 1.82) is 0 Å². The zero-order valence-electron chi connectivity index (χ0n) is 9.96. The highest BCUT2D eigenvalue weighted by molar-refractivity contribution is 7.98. The van der Waals surface area contributed by atoms with E-state index < -0.39 is 11.9 Å². The van der Waals surface area contributed by atoms with Crippen molar-refractivity contribution in [3.63, 3.8) is 0 Å². The summed E-state index contributed by atoms with van der Waals surface area (Å²) in [4.78, 5) is 4.26. The summed E-state index contributed by atoms with van der Waals surface area (Å²) in [6.07, 6.45) is 1.30. The van der Waals surface area contributed by atoms with Crippen molar-refractivity contribution in [2.75, 3.05) is 6.26 Å². The average molecular weight is 277 g/mol. The smallest absolute Gasteiger partial charge is 0.433 e. The fourth-order valence-corrected chi connectivity index (χ4v) is 2.46. The van der Waals surface area contributed by atoms with Crippen molar-refractivity contribution in [2.24, 2.45) is 0 Å². The van der Waals surface area contributed by atoms with E-state index in [0.717, 1.165) is 31.7 Å². The summed E-state index contributed by atoms with van der Waals surface area (Å²) in [5.74, 6) is 0.115. The Hall–Kier alpha value is -0.910. The molecule has 1 fully saturated rings. The minimum absolute atomic E-state index is 0.00637. The first kappa shape index (κ1) is 13.5. The third-order valence-corrected chi connectivity index (χ3v) is 3.67.